The number of nitrogens with zero attached hydrogens (tertiary/aromatic N) is 1. The Morgan fingerprint density at radius 3 is 2.76 bits per heavy atom. The Balaban J connectivity index is 2.24. The largest absolute Gasteiger partial charge is 0.508 e. The van der Waals surface area contributed by atoms with E-state index in [-0.39, 0.29) is 24.3 Å². The van der Waals surface area contributed by atoms with Gasteiger partial charge < -0.3 is 20.5 Å². The van der Waals surface area contributed by atoms with Crippen molar-refractivity contribution in [1.29, 1.82) is 0 Å². The van der Waals surface area contributed by atoms with Crippen LogP contribution in [0.2, 0.25) is 0 Å². The summed E-state index contributed by atoms with van der Waals surface area (Å²) in [4.78, 5) is 13.6. The second-order valence-corrected chi connectivity index (χ2v) is 4.03. The fourth-order valence-electron chi connectivity index (χ4n) is 2.00. The van der Waals surface area contributed by atoms with Crippen molar-refractivity contribution in [3.63, 3.8) is 0 Å². The maximum Gasteiger partial charge on any atom is 0.253 e. The number of ether oxygens (including phenoxy) is 1. The number of carbonyl (C=O) groups excluding carboxylic acids is 1. The number of carbonyl (C=O) groups is 1. The Morgan fingerprint density at radius 1 is 1.41 bits per heavy atom. The fraction of sp³-hybridized carbons (Fsp3) is 0.417. The molecule has 1 fully saturated rings. The SMILES string of the molecule is NCCC1COCC(=O)N1c1ccc(O)cc1. The Hall–Kier alpha value is -1.59. The quantitative estimate of drug-likeness (QED) is 0.800. The number of aromatic hydroxyl groups is 1. The summed E-state index contributed by atoms with van der Waals surface area (Å²) in [6, 6.07) is 6.56. The molecule has 5 heteroatoms. The van der Waals surface area contributed by atoms with E-state index in [4.69, 9.17) is 10.5 Å². The molecule has 3 N–H and O–H groups in total. The lowest BCUT2D eigenvalue weighted by Gasteiger charge is -2.35. The van der Waals surface area contributed by atoms with Gasteiger partial charge in [0.25, 0.3) is 5.91 Å². The highest BCUT2D eigenvalue weighted by molar-refractivity contribution is 5.95. The summed E-state index contributed by atoms with van der Waals surface area (Å²) in [5.74, 6) is 0.116. The van der Waals surface area contributed by atoms with Crippen LogP contribution in [0.25, 0.3) is 0 Å². The molecule has 1 saturated heterocycles. The minimum absolute atomic E-state index is 0.0224. The highest BCUT2D eigenvalue weighted by atomic mass is 16.5. The van der Waals surface area contributed by atoms with E-state index in [1.807, 2.05) is 0 Å². The van der Waals surface area contributed by atoms with Crippen LogP contribution in [0.1, 0.15) is 6.42 Å². The molecule has 1 unspecified atom stereocenters. The third-order valence-corrected chi connectivity index (χ3v) is 2.80. The normalized spacial score (nSPS) is 20.6. The zero-order chi connectivity index (χ0) is 12.3. The summed E-state index contributed by atoms with van der Waals surface area (Å²) in [5.41, 5.74) is 6.31. The van der Waals surface area contributed by atoms with Crippen LogP contribution < -0.4 is 10.6 Å². The molecule has 1 aliphatic heterocycles. The van der Waals surface area contributed by atoms with Gasteiger partial charge in [0, 0.05) is 5.69 Å². The van der Waals surface area contributed by atoms with Gasteiger partial charge >= 0.3 is 0 Å². The summed E-state index contributed by atoms with van der Waals surface area (Å²) in [6.45, 7) is 1.11. The number of benzene rings is 1. The molecule has 0 aromatic heterocycles. The lowest BCUT2D eigenvalue weighted by atomic mass is 10.1. The summed E-state index contributed by atoms with van der Waals surface area (Å²) in [6.07, 6.45) is 0.701. The topological polar surface area (TPSA) is 75.8 Å². The molecule has 0 radical (unpaired) electrons. The molecule has 92 valence electrons. The second kappa shape index (κ2) is 5.16. The van der Waals surface area contributed by atoms with Gasteiger partial charge in [-0.25, -0.2) is 0 Å². The maximum absolute atomic E-state index is 11.9. The summed E-state index contributed by atoms with van der Waals surface area (Å²) < 4.78 is 5.23. The second-order valence-electron chi connectivity index (χ2n) is 4.03. The van der Waals surface area contributed by atoms with Gasteiger partial charge in [0.1, 0.15) is 12.4 Å². The molecule has 5 nitrogen and oxygen atoms in total. The maximum atomic E-state index is 11.9. The molecule has 2 rings (SSSR count). The molecule has 1 atom stereocenters. The van der Waals surface area contributed by atoms with Gasteiger partial charge in [0.2, 0.25) is 0 Å². The zero-order valence-electron chi connectivity index (χ0n) is 9.50. The van der Waals surface area contributed by atoms with Gasteiger partial charge in [-0.15, -0.1) is 0 Å². The van der Waals surface area contributed by atoms with Crippen molar-refractivity contribution < 1.29 is 14.6 Å². The number of hydrogen-bond acceptors (Lipinski definition) is 4. The number of morpholine rings is 1. The lowest BCUT2D eigenvalue weighted by molar-refractivity contribution is -0.127. The smallest absolute Gasteiger partial charge is 0.253 e. The fourth-order valence-corrected chi connectivity index (χ4v) is 2.00. The van der Waals surface area contributed by atoms with Gasteiger partial charge in [-0.05, 0) is 37.2 Å². The minimum atomic E-state index is -0.0691. The predicted molar refractivity (Wildman–Crippen MR) is 63.9 cm³/mol. The summed E-state index contributed by atoms with van der Waals surface area (Å²) in [5, 5.41) is 9.24. The average molecular weight is 236 g/mol. The van der Waals surface area contributed by atoms with E-state index in [9.17, 15) is 9.90 Å². The van der Waals surface area contributed by atoms with Crippen molar-refractivity contribution in [1.82, 2.24) is 0 Å². The van der Waals surface area contributed by atoms with Crippen LogP contribution in [0.4, 0.5) is 5.69 Å². The highest BCUT2D eigenvalue weighted by Crippen LogP contribution is 2.24. The van der Waals surface area contributed by atoms with Crippen LogP contribution in [0.3, 0.4) is 0 Å². The van der Waals surface area contributed by atoms with Crippen molar-refractivity contribution in [2.24, 2.45) is 5.73 Å². The number of nitrogens with two attached hydrogens (primary N) is 1. The van der Waals surface area contributed by atoms with E-state index in [1.54, 1.807) is 29.2 Å². The minimum Gasteiger partial charge on any atom is -0.508 e. The van der Waals surface area contributed by atoms with E-state index < -0.39 is 0 Å². The van der Waals surface area contributed by atoms with Gasteiger partial charge in [-0.2, -0.15) is 0 Å². The van der Waals surface area contributed by atoms with E-state index in [1.165, 1.54) is 0 Å². The number of rotatable bonds is 3. The molecule has 1 aromatic rings. The first kappa shape index (κ1) is 11.9. The lowest BCUT2D eigenvalue weighted by Crippen LogP contribution is -2.50. The van der Waals surface area contributed by atoms with E-state index in [2.05, 4.69) is 0 Å². The van der Waals surface area contributed by atoms with Gasteiger partial charge in [-0.1, -0.05) is 0 Å². The first-order valence-electron chi connectivity index (χ1n) is 5.61. The van der Waals surface area contributed by atoms with Gasteiger partial charge in [0.05, 0.1) is 12.6 Å². The summed E-state index contributed by atoms with van der Waals surface area (Å²) >= 11 is 0. The van der Waals surface area contributed by atoms with Crippen LogP contribution in [0.15, 0.2) is 24.3 Å². The van der Waals surface area contributed by atoms with Crippen molar-refractivity contribution in [3.05, 3.63) is 24.3 Å². The molecule has 1 heterocycles. The number of phenols is 1. The molecule has 0 saturated carbocycles. The van der Waals surface area contributed by atoms with E-state index in [0.717, 1.165) is 5.69 Å². The number of hydrogen-bond donors (Lipinski definition) is 2. The van der Waals surface area contributed by atoms with Crippen LogP contribution >= 0.6 is 0 Å². The predicted octanol–water partition coefficient (Wildman–Crippen LogP) is 0.473. The van der Waals surface area contributed by atoms with E-state index >= 15 is 0 Å². The molecule has 1 aliphatic rings. The first-order chi connectivity index (χ1) is 8.22. The van der Waals surface area contributed by atoms with Crippen molar-refractivity contribution in [2.75, 3.05) is 24.7 Å². The molecule has 1 aromatic carbocycles. The third kappa shape index (κ3) is 2.57. The average Bonchev–Trinajstić information content (AvgIpc) is 2.32. The van der Waals surface area contributed by atoms with Crippen molar-refractivity contribution in [2.45, 2.75) is 12.5 Å². The Labute approximate surface area is 99.8 Å². The third-order valence-electron chi connectivity index (χ3n) is 2.80. The van der Waals surface area contributed by atoms with Crippen molar-refractivity contribution >= 4 is 11.6 Å². The molecular weight excluding hydrogens is 220 g/mol. The monoisotopic (exact) mass is 236 g/mol. The number of phenolic OH excluding ortho intramolecular Hbond substituents is 1. The Morgan fingerprint density at radius 2 is 2.12 bits per heavy atom. The van der Waals surface area contributed by atoms with Crippen LogP contribution in [0.5, 0.6) is 5.75 Å². The zero-order valence-corrected chi connectivity index (χ0v) is 9.50. The number of anilines is 1. The molecular formula is C12H16N2O3. The van der Waals surface area contributed by atoms with E-state index in [0.29, 0.717) is 19.6 Å². The van der Waals surface area contributed by atoms with Crippen LogP contribution in [0, 0.1) is 0 Å². The molecule has 1 amide bonds. The van der Waals surface area contributed by atoms with Gasteiger partial charge in [0.15, 0.2) is 0 Å². The molecule has 17 heavy (non-hydrogen) atoms. The standard InChI is InChI=1S/C12H16N2O3/c13-6-5-10-7-17-8-12(16)14(10)9-1-3-11(15)4-2-9/h1-4,10,15H,5-8,13H2. The first-order valence-corrected chi connectivity index (χ1v) is 5.61. The van der Waals surface area contributed by atoms with Crippen LogP contribution in [-0.2, 0) is 9.53 Å². The van der Waals surface area contributed by atoms with Crippen LogP contribution in [-0.4, -0.2) is 36.8 Å². The molecule has 0 spiro atoms. The Kier molecular flexibility index (Phi) is 3.61. The summed E-state index contributed by atoms with van der Waals surface area (Å²) in [7, 11) is 0. The highest BCUT2D eigenvalue weighted by Gasteiger charge is 2.29. The number of amides is 1. The molecule has 0 bridgehead atoms. The van der Waals surface area contributed by atoms with Gasteiger partial charge in [-0.3, -0.25) is 4.79 Å². The van der Waals surface area contributed by atoms with Crippen molar-refractivity contribution in [3.8, 4) is 5.75 Å². The Bertz CT molecular complexity index is 389. The molecule has 0 aliphatic carbocycles.